The van der Waals surface area contributed by atoms with Crippen LogP contribution in [0.25, 0.3) is 0 Å². The van der Waals surface area contributed by atoms with E-state index >= 15 is 0 Å². The summed E-state index contributed by atoms with van der Waals surface area (Å²) in [7, 11) is 0. The molecule has 4 rings (SSSR count). The van der Waals surface area contributed by atoms with Crippen LogP contribution >= 0.6 is 11.8 Å². The summed E-state index contributed by atoms with van der Waals surface area (Å²) in [5.74, 6) is -1.17. The van der Waals surface area contributed by atoms with Crippen molar-refractivity contribution in [3.8, 4) is 0 Å². The van der Waals surface area contributed by atoms with Gasteiger partial charge in [0.15, 0.2) is 0 Å². The quantitative estimate of drug-likeness (QED) is 0.113. The van der Waals surface area contributed by atoms with E-state index in [-0.39, 0.29) is 48.8 Å². The Morgan fingerprint density at radius 1 is 1.02 bits per heavy atom. The van der Waals surface area contributed by atoms with Crippen molar-refractivity contribution in [2.24, 2.45) is 5.92 Å². The van der Waals surface area contributed by atoms with Gasteiger partial charge >= 0.3 is 12.1 Å². The first-order chi connectivity index (χ1) is 20.1. The van der Waals surface area contributed by atoms with E-state index in [1.54, 1.807) is 0 Å². The highest BCUT2D eigenvalue weighted by Gasteiger charge is 2.57. The molecule has 14 nitrogen and oxygen atoms in total. The van der Waals surface area contributed by atoms with Crippen molar-refractivity contribution in [1.29, 1.82) is 0 Å². The molecule has 2 aromatic carbocycles. The van der Waals surface area contributed by atoms with Gasteiger partial charge in [-0.1, -0.05) is 0 Å². The van der Waals surface area contributed by atoms with Crippen LogP contribution in [0.15, 0.2) is 59.1 Å². The van der Waals surface area contributed by atoms with Crippen molar-refractivity contribution in [3.05, 3.63) is 90.5 Å². The fraction of sp³-hybridized carbons (Fsp3) is 0.370. The third-order valence-corrected chi connectivity index (χ3v) is 7.98. The Morgan fingerprint density at radius 2 is 1.57 bits per heavy atom. The lowest BCUT2D eigenvalue weighted by atomic mass is 9.83. The minimum Gasteiger partial charge on any atom is -0.456 e. The number of hydrogen-bond acceptors (Lipinski definition) is 11. The van der Waals surface area contributed by atoms with Crippen LogP contribution in [-0.2, 0) is 32.3 Å². The van der Waals surface area contributed by atoms with Crippen LogP contribution in [0.1, 0.15) is 30.9 Å². The van der Waals surface area contributed by atoms with Gasteiger partial charge in [0.25, 0.3) is 11.4 Å². The van der Waals surface area contributed by atoms with Crippen LogP contribution in [-0.4, -0.2) is 62.3 Å². The number of aliphatic hydroxyl groups is 1. The molecule has 3 atom stereocenters. The fourth-order valence-electron chi connectivity index (χ4n) is 4.65. The zero-order valence-electron chi connectivity index (χ0n) is 22.5. The van der Waals surface area contributed by atoms with Crippen LogP contribution in [0, 0.1) is 26.1 Å². The largest absolute Gasteiger partial charge is 0.456 e. The molecule has 15 heteroatoms. The summed E-state index contributed by atoms with van der Waals surface area (Å²) in [6.07, 6.45) is -0.617. The minimum atomic E-state index is -0.873. The number of hydrogen-bond donors (Lipinski definition) is 2. The SMILES string of the molecule is C[C@H](O)[C@@H]1C(=O)N2C(C(=O)OCc3ccc([N+](=O)[O-])cc3)=C(SCCCNC(=O)OCc3ccc([N+](=O)[O-])cc3)C[C@H]12. The normalized spacial score (nSPS) is 18.1. The molecule has 2 aromatic rings. The summed E-state index contributed by atoms with van der Waals surface area (Å²) >= 11 is 1.36. The number of non-ortho nitro benzene ring substituents is 2. The van der Waals surface area contributed by atoms with Gasteiger partial charge in [-0.15, -0.1) is 11.8 Å². The van der Waals surface area contributed by atoms with Gasteiger partial charge in [-0.2, -0.15) is 0 Å². The molecule has 2 heterocycles. The number of benzene rings is 2. The van der Waals surface area contributed by atoms with E-state index in [4.69, 9.17) is 9.47 Å². The maximum atomic E-state index is 13.1. The standard InChI is InChI=1S/C27H28N4O10S/c1-16(32)23-21-13-22(42-12-2-11-28-27(35)41-15-18-5-9-20(10-6-18)31(38)39)24(29(21)25(23)33)26(34)40-14-17-3-7-19(8-4-17)30(36)37/h3-10,16,21,23,32H,2,11-15H2,1H3,(H,28,35)/t16-,21+,23-/m0/s1. The van der Waals surface area contributed by atoms with Crippen molar-refractivity contribution in [1.82, 2.24) is 10.2 Å². The number of rotatable bonds is 13. The van der Waals surface area contributed by atoms with Gasteiger partial charge in [0, 0.05) is 42.1 Å². The number of nitro benzene ring substituents is 2. The molecule has 0 unspecified atom stereocenters. The third kappa shape index (κ3) is 7.03. The molecule has 222 valence electrons. The number of carbonyl (C=O) groups is 3. The third-order valence-electron chi connectivity index (χ3n) is 6.78. The predicted molar refractivity (Wildman–Crippen MR) is 149 cm³/mol. The highest BCUT2D eigenvalue weighted by atomic mass is 32.2. The number of fused-ring (bicyclic) bond motifs is 1. The van der Waals surface area contributed by atoms with Crippen molar-refractivity contribution in [2.45, 2.75) is 45.1 Å². The lowest BCUT2D eigenvalue weighted by Crippen LogP contribution is -2.61. The molecule has 0 aliphatic carbocycles. The lowest BCUT2D eigenvalue weighted by molar-refractivity contribution is -0.385. The highest BCUT2D eigenvalue weighted by molar-refractivity contribution is 8.03. The molecular formula is C27H28N4O10S. The second kappa shape index (κ2) is 13.4. The topological polar surface area (TPSA) is 191 Å². The van der Waals surface area contributed by atoms with E-state index in [1.807, 2.05) is 0 Å². The summed E-state index contributed by atoms with van der Waals surface area (Å²) in [6.45, 7) is 1.62. The number of amides is 2. The Labute approximate surface area is 244 Å². The maximum Gasteiger partial charge on any atom is 0.407 e. The Bertz CT molecular complexity index is 1390. The van der Waals surface area contributed by atoms with Gasteiger partial charge in [-0.25, -0.2) is 9.59 Å². The van der Waals surface area contributed by atoms with Crippen LogP contribution in [0.3, 0.4) is 0 Å². The van der Waals surface area contributed by atoms with Gasteiger partial charge in [0.1, 0.15) is 18.9 Å². The molecular weight excluding hydrogens is 572 g/mol. The Morgan fingerprint density at radius 3 is 2.10 bits per heavy atom. The van der Waals surface area contributed by atoms with Crippen molar-refractivity contribution < 1.29 is 38.8 Å². The van der Waals surface area contributed by atoms with Crippen LogP contribution < -0.4 is 5.32 Å². The predicted octanol–water partition coefficient (Wildman–Crippen LogP) is 3.42. The molecule has 1 saturated heterocycles. The fourth-order valence-corrected chi connectivity index (χ4v) is 5.79. The zero-order valence-corrected chi connectivity index (χ0v) is 23.3. The Kier molecular flexibility index (Phi) is 9.75. The molecule has 2 N–H and O–H groups in total. The second-order valence-electron chi connectivity index (χ2n) is 9.65. The first kappa shape index (κ1) is 30.5. The van der Waals surface area contributed by atoms with Crippen LogP contribution in [0.5, 0.6) is 0 Å². The summed E-state index contributed by atoms with van der Waals surface area (Å²) in [5, 5.41) is 34.2. The Hall–Kier alpha value is -4.50. The Balaban J connectivity index is 1.28. The molecule has 2 aliphatic rings. The van der Waals surface area contributed by atoms with Crippen LogP contribution in [0.4, 0.5) is 16.2 Å². The van der Waals surface area contributed by atoms with Gasteiger partial charge in [0.05, 0.1) is 27.9 Å². The number of thioether (sulfide) groups is 1. The van der Waals surface area contributed by atoms with Gasteiger partial charge in [-0.3, -0.25) is 25.0 Å². The zero-order chi connectivity index (χ0) is 30.4. The van der Waals surface area contributed by atoms with Gasteiger partial charge < -0.3 is 24.8 Å². The number of carbonyl (C=O) groups excluding carboxylic acids is 3. The van der Waals surface area contributed by atoms with E-state index < -0.39 is 33.9 Å². The first-order valence-electron chi connectivity index (χ1n) is 13.0. The summed E-state index contributed by atoms with van der Waals surface area (Å²) in [4.78, 5) is 60.4. The monoisotopic (exact) mass is 600 g/mol. The molecule has 42 heavy (non-hydrogen) atoms. The molecule has 0 bridgehead atoms. The van der Waals surface area contributed by atoms with E-state index in [2.05, 4.69) is 5.32 Å². The van der Waals surface area contributed by atoms with E-state index in [9.17, 15) is 39.7 Å². The molecule has 0 radical (unpaired) electrons. The summed E-state index contributed by atoms with van der Waals surface area (Å²) in [5.41, 5.74) is 1.12. The molecule has 2 aliphatic heterocycles. The number of nitrogens with zero attached hydrogens (tertiary/aromatic N) is 3. The number of alkyl carbamates (subject to hydrolysis) is 1. The molecule has 0 saturated carbocycles. The molecule has 0 aromatic heterocycles. The first-order valence-corrected chi connectivity index (χ1v) is 14.0. The van der Waals surface area contributed by atoms with Gasteiger partial charge in [-0.05, 0) is 54.5 Å². The summed E-state index contributed by atoms with van der Waals surface area (Å²) in [6, 6.07) is 10.9. The average molecular weight is 601 g/mol. The molecule has 0 spiro atoms. The van der Waals surface area contributed by atoms with Crippen molar-refractivity contribution in [3.63, 3.8) is 0 Å². The molecule has 2 amide bonds. The minimum absolute atomic E-state index is 0.0491. The van der Waals surface area contributed by atoms with Crippen molar-refractivity contribution in [2.75, 3.05) is 12.3 Å². The number of esters is 1. The number of aliphatic hydroxyl groups excluding tert-OH is 1. The highest BCUT2D eigenvalue weighted by Crippen LogP contribution is 2.47. The number of ether oxygens (including phenoxy) is 2. The van der Waals surface area contributed by atoms with E-state index in [0.717, 1.165) is 0 Å². The maximum absolute atomic E-state index is 13.1. The smallest absolute Gasteiger partial charge is 0.407 e. The summed E-state index contributed by atoms with van der Waals surface area (Å²) < 4.78 is 10.6. The van der Waals surface area contributed by atoms with Crippen molar-refractivity contribution >= 4 is 41.1 Å². The molecule has 1 fully saturated rings. The lowest BCUT2D eigenvalue weighted by Gasteiger charge is -2.44. The van der Waals surface area contributed by atoms with Crippen LogP contribution in [0.2, 0.25) is 0 Å². The average Bonchev–Trinajstić information content (AvgIpc) is 3.28. The number of nitrogens with one attached hydrogen (secondary N) is 1. The van der Waals surface area contributed by atoms with Gasteiger partial charge in [0.2, 0.25) is 5.91 Å². The van der Waals surface area contributed by atoms with E-state index in [1.165, 1.54) is 72.1 Å². The number of β-lactam (4-membered cyclic amide) rings is 1. The number of nitro groups is 2. The van der Waals surface area contributed by atoms with E-state index in [0.29, 0.717) is 34.6 Å². The second-order valence-corrected chi connectivity index (χ2v) is 10.8.